The Hall–Kier alpha value is 0.130. The van der Waals surface area contributed by atoms with Crippen molar-refractivity contribution in [1.29, 1.82) is 0 Å². The van der Waals surface area contributed by atoms with Gasteiger partial charge in [-0.05, 0) is 18.4 Å². The van der Waals surface area contributed by atoms with Gasteiger partial charge >= 0.3 is 0 Å². The molecule has 1 aromatic rings. The summed E-state index contributed by atoms with van der Waals surface area (Å²) in [5.74, 6) is 0. The number of hydrogen-bond acceptors (Lipinski definition) is 0. The van der Waals surface area contributed by atoms with Crippen LogP contribution in [0, 0.1) is 0 Å². The molecule has 19 heavy (non-hydrogen) atoms. The Kier molecular flexibility index (Phi) is 10.9. The quantitative estimate of drug-likeness (QED) is 0.477. The van der Waals surface area contributed by atoms with Crippen molar-refractivity contribution in [3.63, 3.8) is 0 Å². The first-order valence-electron chi connectivity index (χ1n) is 7.50. The molecule has 0 heterocycles. The molecule has 110 valence electrons. The molecule has 0 spiro atoms. The van der Waals surface area contributed by atoms with Crippen molar-refractivity contribution in [2.45, 2.75) is 51.6 Å². The van der Waals surface area contributed by atoms with Crippen LogP contribution in [0.15, 0.2) is 30.3 Å². The zero-order valence-corrected chi connectivity index (χ0v) is 15.3. The van der Waals surface area contributed by atoms with Gasteiger partial charge in [0.15, 0.2) is 0 Å². The van der Waals surface area contributed by atoms with E-state index >= 15 is 0 Å². The first kappa shape index (κ1) is 19.1. The maximum absolute atomic E-state index is 2.52. The molecule has 0 atom stereocenters. The van der Waals surface area contributed by atoms with Crippen LogP contribution in [0.5, 0.6) is 0 Å². The summed E-state index contributed by atoms with van der Waals surface area (Å²) in [5, 5.41) is 0. The molecule has 1 rings (SSSR count). The van der Waals surface area contributed by atoms with E-state index < -0.39 is 7.26 Å². The van der Waals surface area contributed by atoms with Gasteiger partial charge in [0, 0.05) is 20.6 Å². The van der Waals surface area contributed by atoms with Crippen LogP contribution in [0.2, 0.25) is 0 Å². The van der Waals surface area contributed by atoms with E-state index in [1.165, 1.54) is 56.4 Å². The summed E-state index contributed by atoms with van der Waals surface area (Å²) in [5.41, 5.74) is 1.53. The molecule has 0 fully saturated rings. The standard InChI is InChI=1S/C17H30P.BrH/c1-4-5-6-7-8-12-15-18(2,3)16-17-13-10-9-11-14-17;/h9-11,13-14H,4-8,12,15-16H2,1-3H3;1H/q+1;/p-1. The fraction of sp³-hybridized carbons (Fsp3) is 0.647. The zero-order valence-electron chi connectivity index (χ0n) is 12.9. The number of hydrogen-bond donors (Lipinski definition) is 0. The highest BCUT2D eigenvalue weighted by Crippen LogP contribution is 2.54. The van der Waals surface area contributed by atoms with Crippen molar-refractivity contribution in [3.05, 3.63) is 35.9 Å². The Morgan fingerprint density at radius 1 is 0.842 bits per heavy atom. The third kappa shape index (κ3) is 9.63. The molecular formula is C17H30BrP. The van der Waals surface area contributed by atoms with E-state index in [2.05, 4.69) is 50.6 Å². The van der Waals surface area contributed by atoms with Crippen LogP contribution in [-0.2, 0) is 6.16 Å². The van der Waals surface area contributed by atoms with Gasteiger partial charge in [-0.1, -0.05) is 62.9 Å². The lowest BCUT2D eigenvalue weighted by atomic mass is 10.1. The van der Waals surface area contributed by atoms with E-state index in [1.54, 1.807) is 0 Å². The third-order valence-electron chi connectivity index (χ3n) is 3.57. The summed E-state index contributed by atoms with van der Waals surface area (Å²) >= 11 is 0. The molecule has 0 aromatic heterocycles. The molecule has 0 aliphatic carbocycles. The molecule has 0 saturated heterocycles. The van der Waals surface area contributed by atoms with Crippen molar-refractivity contribution in [3.8, 4) is 0 Å². The van der Waals surface area contributed by atoms with Crippen molar-refractivity contribution in [2.75, 3.05) is 19.5 Å². The highest BCUT2D eigenvalue weighted by Gasteiger charge is 2.24. The predicted octanol–water partition coefficient (Wildman–Crippen LogP) is 2.83. The van der Waals surface area contributed by atoms with Gasteiger partial charge in [-0.15, -0.1) is 0 Å². The van der Waals surface area contributed by atoms with E-state index in [4.69, 9.17) is 0 Å². The SMILES string of the molecule is CCCCCCCC[P+](C)(C)Cc1ccccc1.[Br-]. The molecule has 0 saturated carbocycles. The fourth-order valence-corrected chi connectivity index (χ4v) is 4.91. The number of unbranched alkanes of at least 4 members (excludes halogenated alkanes) is 5. The molecule has 0 N–H and O–H groups in total. The van der Waals surface area contributed by atoms with Gasteiger partial charge in [-0.3, -0.25) is 0 Å². The van der Waals surface area contributed by atoms with Crippen LogP contribution in [-0.4, -0.2) is 19.5 Å². The van der Waals surface area contributed by atoms with Gasteiger partial charge in [0.1, 0.15) is 0 Å². The van der Waals surface area contributed by atoms with E-state index in [0.717, 1.165) is 0 Å². The van der Waals surface area contributed by atoms with Crippen LogP contribution in [0.25, 0.3) is 0 Å². The Balaban J connectivity index is 0.00000324. The van der Waals surface area contributed by atoms with Crippen LogP contribution in [0.4, 0.5) is 0 Å². The second-order valence-electron chi connectivity index (χ2n) is 6.07. The molecule has 1 aromatic carbocycles. The molecule has 0 aliphatic heterocycles. The van der Waals surface area contributed by atoms with Crippen molar-refractivity contribution >= 4 is 7.26 Å². The van der Waals surface area contributed by atoms with E-state index in [1.807, 2.05) is 0 Å². The van der Waals surface area contributed by atoms with Crippen LogP contribution in [0.3, 0.4) is 0 Å². The van der Waals surface area contributed by atoms with Gasteiger partial charge in [0.2, 0.25) is 0 Å². The maximum atomic E-state index is 2.52. The minimum atomic E-state index is -0.720. The van der Waals surface area contributed by atoms with Gasteiger partial charge < -0.3 is 17.0 Å². The minimum Gasteiger partial charge on any atom is -1.00 e. The Bertz CT molecular complexity index is 308. The summed E-state index contributed by atoms with van der Waals surface area (Å²) in [6.07, 6.45) is 11.3. The topological polar surface area (TPSA) is 0 Å². The monoisotopic (exact) mass is 344 g/mol. The van der Waals surface area contributed by atoms with E-state index in [0.29, 0.717) is 0 Å². The van der Waals surface area contributed by atoms with Crippen LogP contribution >= 0.6 is 7.26 Å². The third-order valence-corrected chi connectivity index (χ3v) is 6.32. The molecule has 0 radical (unpaired) electrons. The van der Waals surface area contributed by atoms with Crippen molar-refractivity contribution < 1.29 is 17.0 Å². The zero-order chi connectivity index (χ0) is 13.3. The summed E-state index contributed by atoms with van der Waals surface area (Å²) < 4.78 is 0. The van der Waals surface area contributed by atoms with Gasteiger partial charge in [-0.25, -0.2) is 0 Å². The number of halogens is 1. The van der Waals surface area contributed by atoms with Crippen LogP contribution < -0.4 is 17.0 Å². The van der Waals surface area contributed by atoms with E-state index in [-0.39, 0.29) is 17.0 Å². The first-order valence-corrected chi connectivity index (χ1v) is 10.6. The molecule has 0 nitrogen and oxygen atoms in total. The molecule has 0 amide bonds. The Morgan fingerprint density at radius 3 is 2.05 bits per heavy atom. The average molecular weight is 345 g/mol. The smallest absolute Gasteiger partial charge is 0.0837 e. The summed E-state index contributed by atoms with van der Waals surface area (Å²) in [7, 11) is -0.720. The summed E-state index contributed by atoms with van der Waals surface area (Å²) in [6.45, 7) is 7.33. The molecule has 0 bridgehead atoms. The first-order chi connectivity index (χ1) is 8.64. The minimum absolute atomic E-state index is 0. The highest BCUT2D eigenvalue weighted by molar-refractivity contribution is 7.73. The van der Waals surface area contributed by atoms with Gasteiger partial charge in [-0.2, -0.15) is 0 Å². The lowest BCUT2D eigenvalue weighted by Crippen LogP contribution is -3.00. The second kappa shape index (κ2) is 10.9. The molecule has 2 heteroatoms. The maximum Gasteiger partial charge on any atom is 0.0837 e. The lowest BCUT2D eigenvalue weighted by Gasteiger charge is -2.18. The van der Waals surface area contributed by atoms with Crippen LogP contribution in [0.1, 0.15) is 51.0 Å². The predicted molar refractivity (Wildman–Crippen MR) is 87.2 cm³/mol. The molecule has 0 unspecified atom stereocenters. The summed E-state index contributed by atoms with van der Waals surface area (Å²) in [4.78, 5) is 0. The number of benzene rings is 1. The highest BCUT2D eigenvalue weighted by atomic mass is 79.9. The fourth-order valence-electron chi connectivity index (χ4n) is 2.48. The largest absolute Gasteiger partial charge is 1.00 e. The van der Waals surface area contributed by atoms with E-state index in [9.17, 15) is 0 Å². The van der Waals surface area contributed by atoms with Gasteiger partial charge in [0.25, 0.3) is 0 Å². The normalized spacial score (nSPS) is 11.1. The second-order valence-corrected chi connectivity index (χ2v) is 10.7. The molecule has 0 aliphatic rings. The Morgan fingerprint density at radius 2 is 1.42 bits per heavy atom. The average Bonchev–Trinajstić information content (AvgIpc) is 2.34. The summed E-state index contributed by atoms with van der Waals surface area (Å²) in [6, 6.07) is 11.0. The molecular weight excluding hydrogens is 315 g/mol. The Labute approximate surface area is 131 Å². The van der Waals surface area contributed by atoms with Gasteiger partial charge in [0.05, 0.1) is 12.3 Å². The lowest BCUT2D eigenvalue weighted by molar-refractivity contribution is -0.00000414. The number of rotatable bonds is 9. The van der Waals surface area contributed by atoms with Crippen molar-refractivity contribution in [1.82, 2.24) is 0 Å². The van der Waals surface area contributed by atoms with Crippen molar-refractivity contribution in [2.24, 2.45) is 0 Å².